The van der Waals surface area contributed by atoms with Gasteiger partial charge in [0, 0.05) is 39.4 Å². The van der Waals surface area contributed by atoms with Crippen LogP contribution in [0, 0.1) is 18.3 Å². The summed E-state index contributed by atoms with van der Waals surface area (Å²) in [5, 5.41) is 27.9. The highest BCUT2D eigenvalue weighted by molar-refractivity contribution is 7.89. The molecule has 0 aliphatic carbocycles. The summed E-state index contributed by atoms with van der Waals surface area (Å²) in [4.78, 5) is 12.9. The van der Waals surface area contributed by atoms with Crippen molar-refractivity contribution in [3.05, 3.63) is 45.7 Å². The van der Waals surface area contributed by atoms with Gasteiger partial charge in [-0.1, -0.05) is 13.3 Å². The monoisotopic (exact) mass is 505 g/mol. The maximum Gasteiger partial charge on any atom is 0.281 e. The molecule has 0 spiro atoms. The molecule has 1 N–H and O–H groups in total. The second-order valence-corrected chi connectivity index (χ2v) is 9.62. The van der Waals surface area contributed by atoms with Gasteiger partial charge in [0.2, 0.25) is 15.9 Å². The van der Waals surface area contributed by atoms with E-state index >= 15 is 0 Å². The lowest BCUT2D eigenvalue weighted by atomic mass is 10.1. The molecule has 1 aromatic heterocycles. The van der Waals surface area contributed by atoms with Crippen LogP contribution in [-0.4, -0.2) is 62.9 Å². The van der Waals surface area contributed by atoms with Gasteiger partial charge in [0.25, 0.3) is 5.56 Å². The Hall–Kier alpha value is -3.11. The lowest BCUT2D eigenvalue weighted by molar-refractivity contribution is 0.150. The fourth-order valence-corrected chi connectivity index (χ4v) is 4.67. The molecular formula is C23H31N5O6S. The van der Waals surface area contributed by atoms with Crippen molar-refractivity contribution >= 4 is 21.4 Å². The summed E-state index contributed by atoms with van der Waals surface area (Å²) in [7, 11) is -0.797. The molecule has 0 aliphatic heterocycles. The van der Waals surface area contributed by atoms with E-state index in [-0.39, 0.29) is 60.4 Å². The molecule has 190 valence electrons. The van der Waals surface area contributed by atoms with Gasteiger partial charge in [0.15, 0.2) is 5.69 Å². The second kappa shape index (κ2) is 13.1. The third-order valence-electron chi connectivity index (χ3n) is 5.33. The van der Waals surface area contributed by atoms with E-state index in [1.807, 2.05) is 13.0 Å². The molecule has 0 fully saturated rings. The van der Waals surface area contributed by atoms with Crippen LogP contribution in [0.2, 0.25) is 0 Å². The van der Waals surface area contributed by atoms with Crippen molar-refractivity contribution < 1.29 is 23.0 Å². The van der Waals surface area contributed by atoms with Crippen molar-refractivity contribution in [2.45, 2.75) is 38.1 Å². The average molecular weight is 506 g/mol. The van der Waals surface area contributed by atoms with Gasteiger partial charge in [-0.3, -0.25) is 9.36 Å². The Morgan fingerprint density at radius 2 is 1.71 bits per heavy atom. The Labute approximate surface area is 205 Å². The second-order valence-electron chi connectivity index (χ2n) is 7.68. The van der Waals surface area contributed by atoms with Crippen molar-refractivity contribution in [1.29, 1.82) is 5.26 Å². The topological polar surface area (TPSA) is 147 Å². The molecule has 35 heavy (non-hydrogen) atoms. The van der Waals surface area contributed by atoms with Gasteiger partial charge in [0.1, 0.15) is 11.6 Å². The Morgan fingerprint density at radius 1 is 1.11 bits per heavy atom. The minimum atomic E-state index is -3.79. The third-order valence-corrected chi connectivity index (χ3v) is 7.25. The highest BCUT2D eigenvalue weighted by atomic mass is 32.2. The zero-order valence-electron chi connectivity index (χ0n) is 20.4. The van der Waals surface area contributed by atoms with Crippen LogP contribution in [0.3, 0.4) is 0 Å². The Morgan fingerprint density at radius 3 is 2.23 bits per heavy atom. The Kier molecular flexibility index (Phi) is 10.5. The molecule has 0 radical (unpaired) electrons. The van der Waals surface area contributed by atoms with Gasteiger partial charge in [-0.05, 0) is 37.6 Å². The fraction of sp³-hybridized carbons (Fsp3) is 0.478. The number of sulfonamides is 1. The number of aromatic nitrogens is 1. The molecule has 0 unspecified atom stereocenters. The van der Waals surface area contributed by atoms with E-state index in [4.69, 9.17) is 9.47 Å². The number of methoxy groups -OCH3 is 2. The van der Waals surface area contributed by atoms with Gasteiger partial charge >= 0.3 is 0 Å². The molecule has 0 amide bonds. The van der Waals surface area contributed by atoms with Crippen molar-refractivity contribution in [2.75, 3.05) is 40.5 Å². The smallest absolute Gasteiger partial charge is 0.281 e. The molecule has 0 bridgehead atoms. The van der Waals surface area contributed by atoms with Crippen molar-refractivity contribution in [3.8, 4) is 11.9 Å². The zero-order valence-corrected chi connectivity index (χ0v) is 21.2. The number of benzene rings is 1. The predicted octanol–water partition coefficient (Wildman–Crippen LogP) is 3.23. The number of hydrogen-bond acceptors (Lipinski definition) is 9. The Balaban J connectivity index is 2.38. The molecule has 0 saturated carbocycles. The summed E-state index contributed by atoms with van der Waals surface area (Å²) in [5.74, 6) is -0.386. The maximum atomic E-state index is 13.0. The van der Waals surface area contributed by atoms with Crippen molar-refractivity contribution in [1.82, 2.24) is 8.87 Å². The van der Waals surface area contributed by atoms with E-state index in [9.17, 15) is 23.6 Å². The first-order valence-corrected chi connectivity index (χ1v) is 12.5. The number of ether oxygens (including phenoxy) is 2. The number of unbranched alkanes of at least 4 members (excludes halogenated alkanes) is 1. The molecule has 0 saturated heterocycles. The molecule has 0 aliphatic rings. The van der Waals surface area contributed by atoms with E-state index < -0.39 is 15.6 Å². The standard InChI is InChI=1S/C23H31N5O6S/c1-5-6-11-28-22(29)20(16-24)17(2)21(23(28)30)26-25-18-7-9-19(10-8-18)35(31,32)27(12-14-33-3)13-15-34-4/h7-10,29H,5-6,11-15H2,1-4H3. The van der Waals surface area contributed by atoms with Crippen LogP contribution in [0.25, 0.3) is 0 Å². The predicted molar refractivity (Wildman–Crippen MR) is 130 cm³/mol. The van der Waals surface area contributed by atoms with Crippen LogP contribution in [0.1, 0.15) is 30.9 Å². The van der Waals surface area contributed by atoms with Crippen LogP contribution in [0.15, 0.2) is 44.2 Å². The summed E-state index contributed by atoms with van der Waals surface area (Å²) in [6.07, 6.45) is 1.43. The van der Waals surface area contributed by atoms with Gasteiger partial charge in [0.05, 0.1) is 23.8 Å². The minimum Gasteiger partial charge on any atom is -0.493 e. The maximum absolute atomic E-state index is 13.0. The van der Waals surface area contributed by atoms with Crippen molar-refractivity contribution in [3.63, 3.8) is 0 Å². The van der Waals surface area contributed by atoms with Crippen LogP contribution < -0.4 is 5.56 Å². The number of rotatable bonds is 13. The van der Waals surface area contributed by atoms with Crippen LogP contribution in [0.5, 0.6) is 5.88 Å². The van der Waals surface area contributed by atoms with E-state index in [1.54, 1.807) is 0 Å². The minimum absolute atomic E-state index is 0.0386. The molecular weight excluding hydrogens is 474 g/mol. The van der Waals surface area contributed by atoms with Gasteiger partial charge in [-0.25, -0.2) is 8.42 Å². The zero-order chi connectivity index (χ0) is 26.0. The third kappa shape index (κ3) is 6.73. The van der Waals surface area contributed by atoms with Gasteiger partial charge in [-0.15, -0.1) is 5.11 Å². The van der Waals surface area contributed by atoms with E-state index in [1.165, 1.54) is 49.7 Å². The molecule has 2 aromatic rings. The summed E-state index contributed by atoms with van der Waals surface area (Å²) >= 11 is 0. The average Bonchev–Trinajstić information content (AvgIpc) is 2.84. The van der Waals surface area contributed by atoms with Gasteiger partial charge in [-0.2, -0.15) is 14.7 Å². The molecule has 1 heterocycles. The first-order valence-electron chi connectivity index (χ1n) is 11.1. The van der Waals surface area contributed by atoms with E-state index in [0.29, 0.717) is 12.1 Å². The van der Waals surface area contributed by atoms with Crippen LogP contribution in [0.4, 0.5) is 11.4 Å². The van der Waals surface area contributed by atoms with E-state index in [2.05, 4.69) is 10.2 Å². The largest absolute Gasteiger partial charge is 0.493 e. The molecule has 1 aromatic carbocycles. The van der Waals surface area contributed by atoms with Crippen LogP contribution >= 0.6 is 0 Å². The number of nitriles is 1. The molecule has 2 rings (SSSR count). The summed E-state index contributed by atoms with van der Waals surface area (Å²) < 4.78 is 38.4. The quantitative estimate of drug-likeness (QED) is 0.411. The number of pyridine rings is 1. The SMILES string of the molecule is CCCCn1c(O)c(C#N)c(C)c(N=Nc2ccc(S(=O)(=O)N(CCOC)CCOC)cc2)c1=O. The lowest BCUT2D eigenvalue weighted by Gasteiger charge is -2.21. The van der Waals surface area contributed by atoms with E-state index in [0.717, 1.165) is 11.0 Å². The lowest BCUT2D eigenvalue weighted by Crippen LogP contribution is -2.36. The first kappa shape index (κ1) is 28.1. The molecule has 12 heteroatoms. The Bertz CT molecular complexity index is 1230. The normalized spacial score (nSPS) is 11.9. The summed E-state index contributed by atoms with van der Waals surface area (Å²) in [5.41, 5.74) is -0.115. The number of aromatic hydroxyl groups is 1. The highest BCUT2D eigenvalue weighted by Gasteiger charge is 2.24. The van der Waals surface area contributed by atoms with Crippen molar-refractivity contribution in [2.24, 2.45) is 10.2 Å². The molecule has 0 atom stereocenters. The number of azo groups is 1. The highest BCUT2D eigenvalue weighted by Crippen LogP contribution is 2.27. The fourth-order valence-electron chi connectivity index (χ4n) is 3.26. The summed E-state index contributed by atoms with van der Waals surface area (Å²) in [6, 6.07) is 7.66. The number of hydrogen-bond donors (Lipinski definition) is 1. The molecule has 11 nitrogen and oxygen atoms in total. The van der Waals surface area contributed by atoms with Crippen LogP contribution in [-0.2, 0) is 26.0 Å². The first-order chi connectivity index (χ1) is 16.7. The summed E-state index contributed by atoms with van der Waals surface area (Å²) in [6.45, 7) is 4.53. The van der Waals surface area contributed by atoms with Gasteiger partial charge < -0.3 is 14.6 Å². The number of nitrogens with zero attached hydrogens (tertiary/aromatic N) is 5.